The first-order valence-corrected chi connectivity index (χ1v) is 5.37. The molecule has 0 spiro atoms. The summed E-state index contributed by atoms with van der Waals surface area (Å²) in [6, 6.07) is 0.394. The molecule has 1 aliphatic rings. The van der Waals surface area contributed by atoms with Crippen molar-refractivity contribution < 1.29 is 9.59 Å². The molecule has 1 rings (SSSR count). The topological polar surface area (TPSA) is 70.2 Å². The van der Waals surface area contributed by atoms with Gasteiger partial charge in [-0.05, 0) is 6.42 Å². The number of hydrogen-bond acceptors (Lipinski definition) is 3. The highest BCUT2D eigenvalue weighted by atomic mass is 16.2. The maximum Gasteiger partial charge on any atom is 0.234 e. The first-order chi connectivity index (χ1) is 7.08. The number of carbonyl (C=O) groups is 2. The molecule has 86 valence electrons. The molecular weight excluding hydrogens is 194 g/mol. The lowest BCUT2D eigenvalue weighted by Crippen LogP contribution is -2.50. The Labute approximate surface area is 90.0 Å². The zero-order valence-electron chi connectivity index (χ0n) is 9.30. The van der Waals surface area contributed by atoms with E-state index in [1.807, 2.05) is 13.8 Å². The molecule has 3 N–H and O–H groups in total. The SMILES string of the molecule is CC(C)NCC(=O)NC1CCC(=O)NC1. The predicted molar refractivity (Wildman–Crippen MR) is 57.3 cm³/mol. The third-order valence-corrected chi connectivity index (χ3v) is 2.30. The molecule has 0 aromatic carbocycles. The number of piperidine rings is 1. The Morgan fingerprint density at radius 1 is 1.60 bits per heavy atom. The van der Waals surface area contributed by atoms with Gasteiger partial charge in [0.15, 0.2) is 0 Å². The summed E-state index contributed by atoms with van der Waals surface area (Å²) in [4.78, 5) is 22.3. The molecular formula is C10H19N3O2. The highest BCUT2D eigenvalue weighted by molar-refractivity contribution is 5.80. The Hall–Kier alpha value is -1.10. The molecule has 1 heterocycles. The molecule has 1 unspecified atom stereocenters. The normalized spacial score (nSPS) is 21.3. The van der Waals surface area contributed by atoms with Crippen LogP contribution in [0.2, 0.25) is 0 Å². The summed E-state index contributed by atoms with van der Waals surface area (Å²) in [5.74, 6) is 0.0608. The highest BCUT2D eigenvalue weighted by Crippen LogP contribution is 2.01. The van der Waals surface area contributed by atoms with Crippen molar-refractivity contribution in [2.45, 2.75) is 38.8 Å². The van der Waals surface area contributed by atoms with Gasteiger partial charge in [0, 0.05) is 25.0 Å². The summed E-state index contributed by atoms with van der Waals surface area (Å²) in [7, 11) is 0. The van der Waals surface area contributed by atoms with E-state index in [1.54, 1.807) is 0 Å². The fourth-order valence-electron chi connectivity index (χ4n) is 1.43. The number of rotatable bonds is 4. The summed E-state index contributed by atoms with van der Waals surface area (Å²) < 4.78 is 0. The van der Waals surface area contributed by atoms with Crippen LogP contribution in [0.15, 0.2) is 0 Å². The Morgan fingerprint density at radius 3 is 2.87 bits per heavy atom. The van der Waals surface area contributed by atoms with Gasteiger partial charge in [0.05, 0.1) is 6.54 Å². The van der Waals surface area contributed by atoms with Crippen LogP contribution in [-0.2, 0) is 9.59 Å². The van der Waals surface area contributed by atoms with Crippen molar-refractivity contribution in [3.63, 3.8) is 0 Å². The van der Waals surface area contributed by atoms with Crippen molar-refractivity contribution in [3.8, 4) is 0 Å². The van der Waals surface area contributed by atoms with Gasteiger partial charge in [-0.3, -0.25) is 9.59 Å². The minimum Gasteiger partial charge on any atom is -0.354 e. The molecule has 2 amide bonds. The van der Waals surface area contributed by atoms with Crippen LogP contribution in [-0.4, -0.2) is 37.0 Å². The molecule has 5 heteroatoms. The Balaban J connectivity index is 2.17. The van der Waals surface area contributed by atoms with Gasteiger partial charge >= 0.3 is 0 Å². The zero-order chi connectivity index (χ0) is 11.3. The monoisotopic (exact) mass is 213 g/mol. The molecule has 1 fully saturated rings. The van der Waals surface area contributed by atoms with Gasteiger partial charge in [-0.1, -0.05) is 13.8 Å². The lowest BCUT2D eigenvalue weighted by molar-refractivity contribution is -0.125. The van der Waals surface area contributed by atoms with E-state index in [0.29, 0.717) is 25.6 Å². The summed E-state index contributed by atoms with van der Waals surface area (Å²) in [5, 5.41) is 8.65. The predicted octanol–water partition coefficient (Wildman–Crippen LogP) is -0.621. The third kappa shape index (κ3) is 4.78. The molecule has 1 atom stereocenters. The van der Waals surface area contributed by atoms with Crippen LogP contribution >= 0.6 is 0 Å². The van der Waals surface area contributed by atoms with Crippen LogP contribution in [0.5, 0.6) is 0 Å². The number of nitrogens with one attached hydrogen (secondary N) is 3. The molecule has 0 aliphatic carbocycles. The van der Waals surface area contributed by atoms with E-state index in [-0.39, 0.29) is 17.9 Å². The van der Waals surface area contributed by atoms with Gasteiger partial charge < -0.3 is 16.0 Å². The summed E-state index contributed by atoms with van der Waals surface area (Å²) in [5.41, 5.74) is 0. The van der Waals surface area contributed by atoms with Gasteiger partial charge in [-0.15, -0.1) is 0 Å². The van der Waals surface area contributed by atoms with Gasteiger partial charge in [-0.25, -0.2) is 0 Å². The molecule has 0 bridgehead atoms. The van der Waals surface area contributed by atoms with Crippen molar-refractivity contribution >= 4 is 11.8 Å². The quantitative estimate of drug-likeness (QED) is 0.583. The minimum atomic E-state index is -0.00940. The number of amides is 2. The average Bonchev–Trinajstić information content (AvgIpc) is 2.19. The van der Waals surface area contributed by atoms with Crippen LogP contribution in [0.1, 0.15) is 26.7 Å². The molecule has 0 saturated carbocycles. The molecule has 0 aromatic heterocycles. The van der Waals surface area contributed by atoms with Gasteiger partial charge in [0.2, 0.25) is 11.8 Å². The van der Waals surface area contributed by atoms with Gasteiger partial charge in [0.1, 0.15) is 0 Å². The first kappa shape index (κ1) is 12.0. The lowest BCUT2D eigenvalue weighted by atomic mass is 10.1. The van der Waals surface area contributed by atoms with Crippen LogP contribution < -0.4 is 16.0 Å². The van der Waals surface area contributed by atoms with Crippen LogP contribution in [0.25, 0.3) is 0 Å². The van der Waals surface area contributed by atoms with E-state index in [2.05, 4.69) is 16.0 Å². The second-order valence-electron chi connectivity index (χ2n) is 4.14. The highest BCUT2D eigenvalue weighted by Gasteiger charge is 2.19. The van der Waals surface area contributed by atoms with Gasteiger partial charge in [-0.2, -0.15) is 0 Å². The number of carbonyl (C=O) groups excluding carboxylic acids is 2. The second-order valence-corrected chi connectivity index (χ2v) is 4.14. The molecule has 0 radical (unpaired) electrons. The number of hydrogen-bond donors (Lipinski definition) is 3. The van der Waals surface area contributed by atoms with E-state index in [0.717, 1.165) is 6.42 Å². The lowest BCUT2D eigenvalue weighted by Gasteiger charge is -2.23. The standard InChI is InChI=1S/C10H19N3O2/c1-7(2)11-6-10(15)13-8-3-4-9(14)12-5-8/h7-8,11H,3-6H2,1-2H3,(H,12,14)(H,13,15). The van der Waals surface area contributed by atoms with Crippen molar-refractivity contribution in [1.29, 1.82) is 0 Å². The van der Waals surface area contributed by atoms with Crippen molar-refractivity contribution in [3.05, 3.63) is 0 Å². The maximum absolute atomic E-state index is 11.4. The Kier molecular flexibility index (Phi) is 4.55. The third-order valence-electron chi connectivity index (χ3n) is 2.30. The average molecular weight is 213 g/mol. The molecule has 0 aromatic rings. The van der Waals surface area contributed by atoms with Crippen molar-refractivity contribution in [2.24, 2.45) is 0 Å². The smallest absolute Gasteiger partial charge is 0.234 e. The van der Waals surface area contributed by atoms with E-state index < -0.39 is 0 Å². The fraction of sp³-hybridized carbons (Fsp3) is 0.800. The summed E-state index contributed by atoms with van der Waals surface area (Å²) in [6.07, 6.45) is 1.24. The van der Waals surface area contributed by atoms with E-state index in [1.165, 1.54) is 0 Å². The molecule has 1 saturated heterocycles. The first-order valence-electron chi connectivity index (χ1n) is 5.37. The van der Waals surface area contributed by atoms with E-state index in [4.69, 9.17) is 0 Å². The summed E-state index contributed by atoms with van der Waals surface area (Å²) >= 11 is 0. The van der Waals surface area contributed by atoms with Crippen LogP contribution in [0.3, 0.4) is 0 Å². The largest absolute Gasteiger partial charge is 0.354 e. The second kappa shape index (κ2) is 5.70. The zero-order valence-corrected chi connectivity index (χ0v) is 9.30. The van der Waals surface area contributed by atoms with Crippen molar-refractivity contribution in [1.82, 2.24) is 16.0 Å². The minimum absolute atomic E-state index is 0.00940. The molecule has 5 nitrogen and oxygen atoms in total. The van der Waals surface area contributed by atoms with Crippen LogP contribution in [0.4, 0.5) is 0 Å². The van der Waals surface area contributed by atoms with E-state index in [9.17, 15) is 9.59 Å². The molecule has 1 aliphatic heterocycles. The Bertz CT molecular complexity index is 231. The fourth-order valence-corrected chi connectivity index (χ4v) is 1.43. The molecule has 15 heavy (non-hydrogen) atoms. The van der Waals surface area contributed by atoms with Gasteiger partial charge in [0.25, 0.3) is 0 Å². The Morgan fingerprint density at radius 2 is 2.33 bits per heavy atom. The summed E-state index contributed by atoms with van der Waals surface area (Å²) in [6.45, 7) is 4.87. The maximum atomic E-state index is 11.4. The van der Waals surface area contributed by atoms with E-state index >= 15 is 0 Å². The van der Waals surface area contributed by atoms with Crippen molar-refractivity contribution in [2.75, 3.05) is 13.1 Å². The van der Waals surface area contributed by atoms with Crippen LogP contribution in [0, 0.1) is 0 Å².